The van der Waals surface area contributed by atoms with E-state index in [1.165, 1.54) is 6.20 Å². The molecule has 0 radical (unpaired) electrons. The maximum Gasteiger partial charge on any atom is 0.197 e. The van der Waals surface area contributed by atoms with Crippen molar-refractivity contribution >= 4 is 17.3 Å². The lowest BCUT2D eigenvalue weighted by Gasteiger charge is -2.22. The van der Waals surface area contributed by atoms with Gasteiger partial charge in [0.15, 0.2) is 11.4 Å². The van der Waals surface area contributed by atoms with Crippen LogP contribution in [0.5, 0.6) is 0 Å². The molecule has 2 heterocycles. The van der Waals surface area contributed by atoms with Gasteiger partial charge in [0.1, 0.15) is 0 Å². The third-order valence-corrected chi connectivity index (χ3v) is 2.50. The summed E-state index contributed by atoms with van der Waals surface area (Å²) in [6, 6.07) is 1.58. The van der Waals surface area contributed by atoms with E-state index in [2.05, 4.69) is 9.98 Å². The van der Waals surface area contributed by atoms with Crippen molar-refractivity contribution in [3.8, 4) is 0 Å². The quantitative estimate of drug-likeness (QED) is 0.540. The van der Waals surface area contributed by atoms with Gasteiger partial charge in [0.2, 0.25) is 0 Å². The molecule has 15 heavy (non-hydrogen) atoms. The van der Waals surface area contributed by atoms with E-state index >= 15 is 0 Å². The minimum atomic E-state index is -0.488. The van der Waals surface area contributed by atoms with Crippen molar-refractivity contribution in [1.29, 1.82) is 0 Å². The molecule has 1 aliphatic heterocycles. The maximum absolute atomic E-state index is 13.4. The van der Waals surface area contributed by atoms with Crippen molar-refractivity contribution in [3.63, 3.8) is 0 Å². The van der Waals surface area contributed by atoms with E-state index in [4.69, 9.17) is 11.6 Å². The van der Waals surface area contributed by atoms with Crippen LogP contribution in [0.2, 0.25) is 0 Å². The van der Waals surface area contributed by atoms with E-state index in [0.717, 1.165) is 6.20 Å². The number of rotatable bonds is 1. The van der Waals surface area contributed by atoms with Gasteiger partial charge in [-0.3, -0.25) is 4.98 Å². The number of alkyl halides is 1. The molecule has 3 nitrogen and oxygen atoms in total. The van der Waals surface area contributed by atoms with Gasteiger partial charge in [0.25, 0.3) is 0 Å². The molecule has 0 amide bonds. The lowest BCUT2D eigenvalue weighted by molar-refractivity contribution is 0.427. The second kappa shape index (κ2) is 3.98. The molecule has 1 aromatic rings. The van der Waals surface area contributed by atoms with Crippen LogP contribution < -0.4 is 0 Å². The van der Waals surface area contributed by atoms with E-state index in [1.54, 1.807) is 30.3 Å². The first-order chi connectivity index (χ1) is 7.18. The Hall–Kier alpha value is -1.42. The normalized spacial score (nSPS) is 20.3. The number of allylic oxidation sites excluding steroid dienone is 1. The standard InChI is InChI=1S/C10H9ClFN3/c1-15-5-3-9(14-10(15)11)7-2-4-13-6-8(7)12/h2-6,10H,1H3. The monoisotopic (exact) mass is 225 g/mol. The van der Waals surface area contributed by atoms with Gasteiger partial charge in [-0.1, -0.05) is 11.6 Å². The molecular weight excluding hydrogens is 217 g/mol. The van der Waals surface area contributed by atoms with E-state index < -0.39 is 11.4 Å². The summed E-state index contributed by atoms with van der Waals surface area (Å²) in [6.45, 7) is 0. The lowest BCUT2D eigenvalue weighted by Crippen LogP contribution is -2.25. The molecule has 0 aliphatic carbocycles. The van der Waals surface area contributed by atoms with Crippen molar-refractivity contribution in [1.82, 2.24) is 9.88 Å². The first kappa shape index (κ1) is 10.1. The van der Waals surface area contributed by atoms with Gasteiger partial charge >= 0.3 is 0 Å². The summed E-state index contributed by atoms with van der Waals surface area (Å²) in [4.78, 5) is 9.55. The average Bonchev–Trinajstić information content (AvgIpc) is 2.23. The summed E-state index contributed by atoms with van der Waals surface area (Å²) in [5.41, 5.74) is 0.463. The molecule has 0 N–H and O–H groups in total. The summed E-state index contributed by atoms with van der Waals surface area (Å²) in [7, 11) is 1.80. The maximum atomic E-state index is 13.4. The zero-order valence-corrected chi connectivity index (χ0v) is 8.82. The van der Waals surface area contributed by atoms with Crippen LogP contribution in [0.4, 0.5) is 4.39 Å². The van der Waals surface area contributed by atoms with Crippen LogP contribution in [-0.2, 0) is 0 Å². The minimum Gasteiger partial charge on any atom is -0.347 e. The fourth-order valence-electron chi connectivity index (χ4n) is 1.25. The van der Waals surface area contributed by atoms with Crippen LogP contribution in [0.15, 0.2) is 35.7 Å². The van der Waals surface area contributed by atoms with Gasteiger partial charge in [-0.05, 0) is 12.1 Å². The number of pyridine rings is 1. The van der Waals surface area contributed by atoms with E-state index in [1.807, 2.05) is 0 Å². The van der Waals surface area contributed by atoms with Crippen LogP contribution in [0.3, 0.4) is 0 Å². The molecule has 0 spiro atoms. The third-order valence-electron chi connectivity index (χ3n) is 2.10. The summed E-state index contributed by atoms with van der Waals surface area (Å²) < 4.78 is 13.4. The van der Waals surface area contributed by atoms with Gasteiger partial charge in [-0.25, -0.2) is 9.38 Å². The molecule has 1 atom stereocenters. The van der Waals surface area contributed by atoms with Crippen molar-refractivity contribution in [2.45, 2.75) is 5.62 Å². The Morgan fingerprint density at radius 2 is 2.33 bits per heavy atom. The Balaban J connectivity index is 2.38. The Bertz CT molecular complexity index is 430. The first-order valence-corrected chi connectivity index (χ1v) is 4.84. The number of nitrogens with zero attached hydrogens (tertiary/aromatic N) is 3. The predicted octanol–water partition coefficient (Wildman–Crippen LogP) is 1.99. The summed E-state index contributed by atoms with van der Waals surface area (Å²) in [6.07, 6.45) is 6.17. The van der Waals surface area contributed by atoms with Crippen LogP contribution in [0.25, 0.3) is 0 Å². The zero-order valence-electron chi connectivity index (χ0n) is 8.06. The first-order valence-electron chi connectivity index (χ1n) is 4.40. The van der Waals surface area contributed by atoms with Crippen LogP contribution >= 0.6 is 11.6 Å². The summed E-state index contributed by atoms with van der Waals surface area (Å²) in [5, 5.41) is 0. The highest BCUT2D eigenvalue weighted by atomic mass is 35.5. The molecule has 1 aromatic heterocycles. The van der Waals surface area contributed by atoms with Gasteiger partial charge in [0, 0.05) is 25.0 Å². The van der Waals surface area contributed by atoms with Gasteiger partial charge in [-0.2, -0.15) is 0 Å². The Morgan fingerprint density at radius 1 is 1.53 bits per heavy atom. The fraction of sp³-hybridized carbons (Fsp3) is 0.200. The minimum absolute atomic E-state index is 0.394. The van der Waals surface area contributed by atoms with Crippen molar-refractivity contribution in [2.75, 3.05) is 7.05 Å². The predicted molar refractivity (Wildman–Crippen MR) is 57.3 cm³/mol. The second-order valence-electron chi connectivity index (χ2n) is 3.16. The number of aliphatic imine (C=N–C) groups is 1. The number of hydrogen-bond acceptors (Lipinski definition) is 3. The Morgan fingerprint density at radius 3 is 3.00 bits per heavy atom. The van der Waals surface area contributed by atoms with Crippen LogP contribution in [-0.4, -0.2) is 28.3 Å². The van der Waals surface area contributed by atoms with E-state index in [0.29, 0.717) is 11.3 Å². The molecule has 78 valence electrons. The van der Waals surface area contributed by atoms with E-state index in [9.17, 15) is 4.39 Å². The summed E-state index contributed by atoms with van der Waals surface area (Å²) in [5.74, 6) is -0.394. The van der Waals surface area contributed by atoms with Crippen LogP contribution in [0, 0.1) is 5.82 Å². The largest absolute Gasteiger partial charge is 0.347 e. The highest BCUT2D eigenvalue weighted by Gasteiger charge is 2.15. The second-order valence-corrected chi connectivity index (χ2v) is 3.55. The molecule has 5 heteroatoms. The van der Waals surface area contributed by atoms with Crippen molar-refractivity contribution in [2.24, 2.45) is 4.99 Å². The molecular formula is C10H9ClFN3. The van der Waals surface area contributed by atoms with Gasteiger partial charge < -0.3 is 4.90 Å². The smallest absolute Gasteiger partial charge is 0.197 e. The molecule has 1 aliphatic rings. The van der Waals surface area contributed by atoms with E-state index in [-0.39, 0.29) is 0 Å². The molecule has 1 unspecified atom stereocenters. The van der Waals surface area contributed by atoms with Crippen LogP contribution in [0.1, 0.15) is 5.56 Å². The molecule has 2 rings (SSSR count). The number of halogens is 2. The highest BCUT2D eigenvalue weighted by Crippen LogP contribution is 2.15. The van der Waals surface area contributed by atoms with Gasteiger partial charge in [-0.15, -0.1) is 0 Å². The fourth-order valence-corrected chi connectivity index (χ4v) is 1.42. The molecule has 0 saturated heterocycles. The number of aromatic nitrogens is 1. The Labute approximate surface area is 91.9 Å². The molecule has 0 aromatic carbocycles. The Kier molecular flexibility index (Phi) is 2.68. The zero-order chi connectivity index (χ0) is 10.8. The molecule has 0 saturated carbocycles. The SMILES string of the molecule is CN1C=CC(c2ccncc2F)=NC1Cl. The summed E-state index contributed by atoms with van der Waals surface area (Å²) >= 11 is 5.91. The number of hydrogen-bond donors (Lipinski definition) is 0. The highest BCUT2D eigenvalue weighted by molar-refractivity contribution is 6.22. The topological polar surface area (TPSA) is 28.5 Å². The lowest BCUT2D eigenvalue weighted by atomic mass is 10.1. The molecule has 0 bridgehead atoms. The molecule has 0 fully saturated rings. The van der Waals surface area contributed by atoms with Crippen molar-refractivity contribution in [3.05, 3.63) is 42.1 Å². The van der Waals surface area contributed by atoms with Gasteiger partial charge in [0.05, 0.1) is 11.9 Å². The van der Waals surface area contributed by atoms with Crippen molar-refractivity contribution < 1.29 is 4.39 Å². The average molecular weight is 226 g/mol. The third kappa shape index (κ3) is 1.99.